The molecule has 0 radical (unpaired) electrons. The first-order valence-electron chi connectivity index (χ1n) is 18.4. The van der Waals surface area contributed by atoms with Crippen LogP contribution in [0.3, 0.4) is 0 Å². The molecule has 0 saturated heterocycles. The van der Waals surface area contributed by atoms with Gasteiger partial charge in [0.05, 0.1) is 27.8 Å². The van der Waals surface area contributed by atoms with Gasteiger partial charge in [-0.05, 0) is 102 Å². The van der Waals surface area contributed by atoms with Crippen molar-refractivity contribution in [2.24, 2.45) is 0 Å². The Morgan fingerprint density at radius 1 is 0.426 bits per heavy atom. The number of imidazole rings is 1. The van der Waals surface area contributed by atoms with Gasteiger partial charge in [-0.1, -0.05) is 121 Å². The molecule has 8 aromatic carbocycles. The molecule has 2 aromatic heterocycles. The van der Waals surface area contributed by atoms with E-state index in [1.807, 2.05) is 12.1 Å². The predicted octanol–water partition coefficient (Wildman–Crippen LogP) is 13.2. The number of aromatic nitrogens is 3. The van der Waals surface area contributed by atoms with Crippen LogP contribution >= 0.6 is 0 Å². The van der Waals surface area contributed by atoms with Crippen molar-refractivity contribution in [2.45, 2.75) is 6.92 Å². The Hall–Kier alpha value is -7.17. The summed E-state index contributed by atoms with van der Waals surface area (Å²) in [6.07, 6.45) is 0. The van der Waals surface area contributed by atoms with E-state index in [0.717, 1.165) is 61.9 Å². The molecule has 0 amide bonds. The molecule has 0 N–H and O–H groups in total. The molecule has 4 heteroatoms. The Bertz CT molecular complexity index is 2920. The van der Waals surface area contributed by atoms with E-state index in [4.69, 9.17) is 4.98 Å². The van der Waals surface area contributed by atoms with E-state index in [-0.39, 0.29) is 0 Å². The van der Waals surface area contributed by atoms with Crippen molar-refractivity contribution >= 4 is 49.9 Å². The summed E-state index contributed by atoms with van der Waals surface area (Å²) >= 11 is 0. The second kappa shape index (κ2) is 13.1. The van der Waals surface area contributed by atoms with Crippen molar-refractivity contribution in [2.75, 3.05) is 4.90 Å². The summed E-state index contributed by atoms with van der Waals surface area (Å²) in [5.41, 5.74) is 14.7. The molecule has 0 bridgehead atoms. The summed E-state index contributed by atoms with van der Waals surface area (Å²) in [4.78, 5) is 7.45. The third kappa shape index (κ3) is 5.27. The molecule has 0 aliphatic heterocycles. The molecule has 0 spiro atoms. The lowest BCUT2D eigenvalue weighted by Crippen LogP contribution is -2.10. The van der Waals surface area contributed by atoms with E-state index in [0.29, 0.717) is 0 Å². The van der Waals surface area contributed by atoms with Crippen molar-refractivity contribution in [1.82, 2.24) is 14.1 Å². The topological polar surface area (TPSA) is 26.0 Å². The SMILES string of the molecule is Cc1ccccc1-c1ccc(N(c2ccccc2)c2cccc3c2c2ccccc2n3-c2ccc(-n3c(-c4ccccc4)nc4ccccc43)cc2)cc1. The number of aryl methyl sites for hydroxylation is 1. The van der Waals surface area contributed by atoms with Crippen LogP contribution in [-0.2, 0) is 0 Å². The molecule has 0 saturated carbocycles. The molecular formula is C50H36N4. The highest BCUT2D eigenvalue weighted by atomic mass is 15.1. The summed E-state index contributed by atoms with van der Waals surface area (Å²) < 4.78 is 4.66. The molecular weight excluding hydrogens is 657 g/mol. The zero-order valence-corrected chi connectivity index (χ0v) is 29.8. The maximum atomic E-state index is 5.07. The van der Waals surface area contributed by atoms with Gasteiger partial charge in [-0.25, -0.2) is 4.98 Å². The maximum Gasteiger partial charge on any atom is 0.145 e. The van der Waals surface area contributed by atoms with Gasteiger partial charge in [-0.2, -0.15) is 0 Å². The Balaban J connectivity index is 1.13. The number of rotatable bonds is 7. The number of fused-ring (bicyclic) bond motifs is 4. The summed E-state index contributed by atoms with van der Waals surface area (Å²) in [6, 6.07) is 71.3. The fraction of sp³-hybridized carbons (Fsp3) is 0.0200. The summed E-state index contributed by atoms with van der Waals surface area (Å²) in [5.74, 6) is 0.930. The zero-order chi connectivity index (χ0) is 36.0. The lowest BCUT2D eigenvalue weighted by molar-refractivity contribution is 1.09. The van der Waals surface area contributed by atoms with E-state index >= 15 is 0 Å². The minimum atomic E-state index is 0.930. The summed E-state index contributed by atoms with van der Waals surface area (Å²) in [6.45, 7) is 2.17. The van der Waals surface area contributed by atoms with Crippen molar-refractivity contribution in [3.05, 3.63) is 206 Å². The van der Waals surface area contributed by atoms with Gasteiger partial charge in [-0.3, -0.25) is 4.57 Å². The van der Waals surface area contributed by atoms with Crippen LogP contribution in [0.2, 0.25) is 0 Å². The molecule has 0 unspecified atom stereocenters. The van der Waals surface area contributed by atoms with Crippen LogP contribution < -0.4 is 4.90 Å². The van der Waals surface area contributed by atoms with Crippen LogP contribution in [0, 0.1) is 6.92 Å². The molecule has 0 aliphatic rings. The first-order chi connectivity index (χ1) is 26.7. The van der Waals surface area contributed by atoms with Crippen LogP contribution in [0.15, 0.2) is 200 Å². The zero-order valence-electron chi connectivity index (χ0n) is 29.8. The fourth-order valence-corrected chi connectivity index (χ4v) is 7.98. The molecule has 4 nitrogen and oxygen atoms in total. The lowest BCUT2D eigenvalue weighted by Gasteiger charge is -2.26. The Morgan fingerprint density at radius 2 is 1.02 bits per heavy atom. The smallest absolute Gasteiger partial charge is 0.145 e. The monoisotopic (exact) mass is 692 g/mol. The number of anilines is 3. The van der Waals surface area contributed by atoms with Crippen molar-refractivity contribution in [1.29, 1.82) is 0 Å². The van der Waals surface area contributed by atoms with E-state index in [2.05, 4.69) is 209 Å². The first kappa shape index (κ1) is 31.6. The first-order valence-corrected chi connectivity index (χ1v) is 18.4. The van der Waals surface area contributed by atoms with Gasteiger partial charge in [0.15, 0.2) is 0 Å². The van der Waals surface area contributed by atoms with Crippen molar-refractivity contribution in [3.8, 4) is 33.9 Å². The highest BCUT2D eigenvalue weighted by Gasteiger charge is 2.21. The number of para-hydroxylation sites is 4. The largest absolute Gasteiger partial charge is 0.310 e. The van der Waals surface area contributed by atoms with E-state index < -0.39 is 0 Å². The second-order valence-corrected chi connectivity index (χ2v) is 13.7. The third-order valence-corrected chi connectivity index (χ3v) is 10.5. The van der Waals surface area contributed by atoms with Crippen LogP contribution in [0.25, 0.3) is 66.7 Å². The summed E-state index contributed by atoms with van der Waals surface area (Å²) in [7, 11) is 0. The minimum Gasteiger partial charge on any atom is -0.310 e. The molecule has 0 fully saturated rings. The van der Waals surface area contributed by atoms with E-state index in [1.54, 1.807) is 0 Å². The number of hydrogen-bond acceptors (Lipinski definition) is 2. The van der Waals surface area contributed by atoms with Gasteiger partial charge in [0, 0.05) is 39.1 Å². The van der Waals surface area contributed by atoms with Gasteiger partial charge in [0.2, 0.25) is 0 Å². The Morgan fingerprint density at radius 3 is 1.78 bits per heavy atom. The van der Waals surface area contributed by atoms with Gasteiger partial charge < -0.3 is 9.47 Å². The van der Waals surface area contributed by atoms with Gasteiger partial charge in [-0.15, -0.1) is 0 Å². The average molecular weight is 693 g/mol. The predicted molar refractivity (Wildman–Crippen MR) is 226 cm³/mol. The van der Waals surface area contributed by atoms with Crippen LogP contribution in [-0.4, -0.2) is 14.1 Å². The van der Waals surface area contributed by atoms with E-state index in [9.17, 15) is 0 Å². The fourth-order valence-electron chi connectivity index (χ4n) is 7.98. The van der Waals surface area contributed by atoms with Crippen LogP contribution in [0.5, 0.6) is 0 Å². The van der Waals surface area contributed by atoms with Crippen LogP contribution in [0.1, 0.15) is 5.56 Å². The number of hydrogen-bond donors (Lipinski definition) is 0. The molecule has 10 rings (SSSR count). The number of benzene rings is 8. The summed E-state index contributed by atoms with van der Waals surface area (Å²) in [5, 5.41) is 2.41. The molecule has 2 heterocycles. The van der Waals surface area contributed by atoms with Gasteiger partial charge in [0.1, 0.15) is 5.82 Å². The van der Waals surface area contributed by atoms with Crippen molar-refractivity contribution in [3.63, 3.8) is 0 Å². The Kier molecular flexibility index (Phi) is 7.66. The van der Waals surface area contributed by atoms with Crippen molar-refractivity contribution < 1.29 is 0 Å². The average Bonchev–Trinajstić information content (AvgIpc) is 3.79. The quantitative estimate of drug-likeness (QED) is 0.166. The maximum absolute atomic E-state index is 5.07. The van der Waals surface area contributed by atoms with E-state index in [1.165, 1.54) is 27.5 Å². The Labute approximate surface area is 314 Å². The minimum absolute atomic E-state index is 0.930. The molecule has 54 heavy (non-hydrogen) atoms. The normalized spacial score (nSPS) is 11.4. The third-order valence-electron chi connectivity index (χ3n) is 10.5. The molecule has 10 aromatic rings. The second-order valence-electron chi connectivity index (χ2n) is 13.7. The van der Waals surface area contributed by atoms with Crippen LogP contribution in [0.4, 0.5) is 17.1 Å². The molecule has 256 valence electrons. The standard InChI is InChI=1S/C50H36N4/c1-35-15-8-9-20-42(35)36-27-29-39(30-28-36)52(38-18-6-3-7-19-38)47-25-14-26-48-49(47)43-21-10-12-23-45(43)53(48)40-31-33-41(34-32-40)54-46-24-13-11-22-44(46)51-50(54)37-16-4-2-5-17-37/h2-34H,1H3. The van der Waals surface area contributed by atoms with Gasteiger partial charge >= 0.3 is 0 Å². The highest BCUT2D eigenvalue weighted by Crippen LogP contribution is 2.44. The highest BCUT2D eigenvalue weighted by molar-refractivity contribution is 6.16. The molecule has 0 atom stereocenters. The van der Waals surface area contributed by atoms with Gasteiger partial charge in [0.25, 0.3) is 0 Å². The number of nitrogens with zero attached hydrogens (tertiary/aromatic N) is 4. The molecule has 0 aliphatic carbocycles. The lowest BCUT2D eigenvalue weighted by atomic mass is 10.00.